The van der Waals surface area contributed by atoms with Crippen molar-refractivity contribution in [1.29, 1.82) is 0 Å². The number of carbonyl (C=O) groups is 1. The molecule has 0 aliphatic rings. The molecule has 2 heterocycles. The predicted molar refractivity (Wildman–Crippen MR) is 147 cm³/mol. The fraction of sp³-hybridized carbons (Fsp3) is 0.321. The van der Waals surface area contributed by atoms with E-state index in [0.29, 0.717) is 0 Å². The maximum Gasteiger partial charge on any atom is 0.415 e. The Kier molecular flexibility index (Phi) is 7.00. The zero-order valence-electron chi connectivity index (χ0n) is 21.8. The lowest BCUT2D eigenvalue weighted by Gasteiger charge is -2.28. The van der Waals surface area contributed by atoms with Gasteiger partial charge in [0.25, 0.3) is 0 Å². The second-order valence-electron chi connectivity index (χ2n) is 9.98. The minimum absolute atomic E-state index is 0.242. The van der Waals surface area contributed by atoms with E-state index in [2.05, 4.69) is 35.0 Å². The molecule has 7 nitrogen and oxygen atoms in total. The van der Waals surface area contributed by atoms with E-state index in [0.717, 1.165) is 55.9 Å². The Bertz CT molecular complexity index is 1440. The van der Waals surface area contributed by atoms with E-state index in [1.807, 2.05) is 65.8 Å². The van der Waals surface area contributed by atoms with Gasteiger partial charge in [-0.15, -0.1) is 0 Å². The number of aromatic nitrogens is 3. The van der Waals surface area contributed by atoms with E-state index < -0.39 is 11.7 Å². The first-order chi connectivity index (χ1) is 17.0. The van der Waals surface area contributed by atoms with Gasteiger partial charge in [0.2, 0.25) is 0 Å². The number of ether oxygens (including phenoxy) is 2. The molecule has 0 atom stereocenters. The fourth-order valence-electron chi connectivity index (χ4n) is 4.24. The second kappa shape index (κ2) is 9.85. The van der Waals surface area contributed by atoms with Crippen molar-refractivity contribution in [3.8, 4) is 16.9 Å². The van der Waals surface area contributed by atoms with Crippen molar-refractivity contribution in [1.82, 2.24) is 14.2 Å². The molecule has 0 spiro atoms. The van der Waals surface area contributed by atoms with Crippen LogP contribution in [0.5, 0.6) is 5.75 Å². The van der Waals surface area contributed by atoms with Crippen molar-refractivity contribution in [2.75, 3.05) is 12.0 Å². The van der Waals surface area contributed by atoms with Crippen LogP contribution in [0.3, 0.4) is 0 Å². The van der Waals surface area contributed by atoms with Crippen molar-refractivity contribution in [3.63, 3.8) is 0 Å². The molecule has 0 aliphatic heterocycles. The van der Waals surface area contributed by atoms with Gasteiger partial charge in [0.1, 0.15) is 11.4 Å². The van der Waals surface area contributed by atoms with Crippen LogP contribution in [0, 0.1) is 20.8 Å². The number of nitrogens with zero attached hydrogens (tertiary/aromatic N) is 4. The number of benzene rings is 2. The molecule has 0 bridgehead atoms. The van der Waals surface area contributed by atoms with Gasteiger partial charge in [-0.05, 0) is 95.3 Å². The standard InChI is InChI=1S/C28H32N4O3S/c1-17-10-21(20-8-9-25-22(12-20)15-30-32(25)36)13-23(11-17)31(27(33)35-28(4,5)6)16-24-19(3)26(34-7)18(2)14-29-24/h8-15,36H,16H2,1-7H3. The van der Waals surface area contributed by atoms with Crippen LogP contribution in [0.4, 0.5) is 10.5 Å². The smallest absolute Gasteiger partial charge is 0.415 e. The van der Waals surface area contributed by atoms with E-state index >= 15 is 0 Å². The summed E-state index contributed by atoms with van der Waals surface area (Å²) in [5.41, 5.74) is 6.62. The van der Waals surface area contributed by atoms with E-state index in [4.69, 9.17) is 9.47 Å². The van der Waals surface area contributed by atoms with E-state index in [-0.39, 0.29) is 6.54 Å². The van der Waals surface area contributed by atoms with Gasteiger partial charge in [-0.25, -0.2) is 8.88 Å². The summed E-state index contributed by atoms with van der Waals surface area (Å²) in [6, 6.07) is 12.2. The molecule has 0 aliphatic carbocycles. The number of hydrogen-bond donors (Lipinski definition) is 1. The maximum absolute atomic E-state index is 13.5. The Morgan fingerprint density at radius 3 is 2.50 bits per heavy atom. The normalized spacial score (nSPS) is 11.6. The van der Waals surface area contributed by atoms with Crippen molar-refractivity contribution >= 4 is 35.5 Å². The van der Waals surface area contributed by atoms with Gasteiger partial charge >= 0.3 is 6.09 Å². The fourth-order valence-corrected chi connectivity index (χ4v) is 4.48. The molecule has 0 N–H and O–H groups in total. The topological polar surface area (TPSA) is 69.5 Å². The molecule has 188 valence electrons. The third-order valence-corrected chi connectivity index (χ3v) is 6.25. The molecular weight excluding hydrogens is 472 g/mol. The maximum atomic E-state index is 13.5. The minimum atomic E-state index is -0.645. The second-order valence-corrected chi connectivity index (χ2v) is 10.4. The lowest BCUT2D eigenvalue weighted by Crippen LogP contribution is -2.37. The molecule has 0 fully saturated rings. The molecule has 0 saturated heterocycles. The third-order valence-electron chi connectivity index (χ3n) is 5.93. The Hall–Kier alpha value is -3.52. The zero-order valence-corrected chi connectivity index (χ0v) is 22.7. The zero-order chi connectivity index (χ0) is 26.2. The van der Waals surface area contributed by atoms with Crippen molar-refractivity contribution < 1.29 is 14.3 Å². The van der Waals surface area contributed by atoms with Gasteiger partial charge in [0.15, 0.2) is 0 Å². The van der Waals surface area contributed by atoms with Gasteiger partial charge < -0.3 is 9.47 Å². The van der Waals surface area contributed by atoms with Gasteiger partial charge in [0.05, 0.1) is 31.1 Å². The first-order valence-corrected chi connectivity index (χ1v) is 12.2. The Labute approximate surface area is 217 Å². The average Bonchev–Trinajstić information content (AvgIpc) is 3.17. The van der Waals surface area contributed by atoms with Crippen LogP contribution in [-0.4, -0.2) is 33.0 Å². The molecule has 0 saturated carbocycles. The Balaban J connectivity index is 1.80. The molecule has 4 rings (SSSR count). The summed E-state index contributed by atoms with van der Waals surface area (Å²) in [5, 5.41) is 5.21. The van der Waals surface area contributed by atoms with E-state index in [1.165, 1.54) is 0 Å². The molecule has 8 heteroatoms. The number of fused-ring (bicyclic) bond motifs is 1. The van der Waals surface area contributed by atoms with Gasteiger partial charge in [-0.1, -0.05) is 12.1 Å². The van der Waals surface area contributed by atoms with E-state index in [9.17, 15) is 4.79 Å². The summed E-state index contributed by atoms with van der Waals surface area (Å²) < 4.78 is 12.9. The summed E-state index contributed by atoms with van der Waals surface area (Å²) in [6.07, 6.45) is 3.12. The van der Waals surface area contributed by atoms with Gasteiger partial charge in [-0.2, -0.15) is 5.10 Å². The van der Waals surface area contributed by atoms with Gasteiger partial charge in [-0.3, -0.25) is 9.88 Å². The van der Waals surface area contributed by atoms with Crippen molar-refractivity contribution in [2.45, 2.75) is 53.7 Å². The van der Waals surface area contributed by atoms with Crippen LogP contribution in [0.25, 0.3) is 22.0 Å². The van der Waals surface area contributed by atoms with Crippen molar-refractivity contribution in [2.24, 2.45) is 0 Å². The number of anilines is 1. The quantitative estimate of drug-likeness (QED) is 0.308. The monoisotopic (exact) mass is 504 g/mol. The number of rotatable bonds is 5. The lowest BCUT2D eigenvalue weighted by atomic mass is 10.0. The summed E-state index contributed by atoms with van der Waals surface area (Å²) in [5.74, 6) is 0.770. The predicted octanol–water partition coefficient (Wildman–Crippen LogP) is 6.67. The van der Waals surface area contributed by atoms with Gasteiger partial charge in [0, 0.05) is 28.4 Å². The highest BCUT2D eigenvalue weighted by atomic mass is 32.1. The van der Waals surface area contributed by atoms with Crippen LogP contribution in [0.15, 0.2) is 48.8 Å². The van der Waals surface area contributed by atoms with Crippen LogP contribution in [-0.2, 0) is 11.3 Å². The highest BCUT2D eigenvalue weighted by molar-refractivity contribution is 7.78. The summed E-state index contributed by atoms with van der Waals surface area (Å²) in [6.45, 7) is 11.8. The minimum Gasteiger partial charge on any atom is -0.496 e. The number of aryl methyl sites for hydroxylation is 2. The van der Waals surface area contributed by atoms with Crippen LogP contribution in [0.2, 0.25) is 0 Å². The summed E-state index contributed by atoms with van der Waals surface area (Å²) in [4.78, 5) is 19.7. The van der Waals surface area contributed by atoms with Crippen molar-refractivity contribution in [3.05, 3.63) is 71.2 Å². The van der Waals surface area contributed by atoms with Crippen LogP contribution < -0.4 is 9.64 Å². The summed E-state index contributed by atoms with van der Waals surface area (Å²) >= 11 is 4.35. The molecule has 2 aromatic heterocycles. The average molecular weight is 505 g/mol. The molecule has 0 radical (unpaired) electrons. The number of carbonyl (C=O) groups excluding carboxylic acids is 1. The molecule has 2 aromatic carbocycles. The summed E-state index contributed by atoms with van der Waals surface area (Å²) in [7, 11) is 1.64. The molecule has 0 unspecified atom stereocenters. The SMILES string of the molecule is COc1c(C)cnc(CN(C(=O)OC(C)(C)C)c2cc(C)cc(-c3ccc4c(cnn4S)c3)c2)c1C. The molecule has 36 heavy (non-hydrogen) atoms. The molecular formula is C28H32N4O3S. The Morgan fingerprint density at radius 2 is 1.81 bits per heavy atom. The Morgan fingerprint density at radius 1 is 1.06 bits per heavy atom. The van der Waals surface area contributed by atoms with Crippen LogP contribution in [0.1, 0.15) is 43.2 Å². The van der Waals surface area contributed by atoms with E-state index in [1.54, 1.807) is 28.5 Å². The largest absolute Gasteiger partial charge is 0.496 e. The third kappa shape index (κ3) is 5.33. The number of methoxy groups -OCH3 is 1. The number of thiol groups is 1. The highest BCUT2D eigenvalue weighted by Gasteiger charge is 2.26. The number of pyridine rings is 1. The number of amides is 1. The van der Waals surface area contributed by atoms with Crippen LogP contribution >= 0.6 is 12.8 Å². The first kappa shape index (κ1) is 25.6. The number of hydrogen-bond acceptors (Lipinski definition) is 6. The lowest BCUT2D eigenvalue weighted by molar-refractivity contribution is 0.0577. The molecule has 4 aromatic rings. The molecule has 1 amide bonds. The highest BCUT2D eigenvalue weighted by Crippen LogP contribution is 2.32. The first-order valence-electron chi connectivity index (χ1n) is 11.8.